The summed E-state index contributed by atoms with van der Waals surface area (Å²) in [7, 11) is 0. The molecule has 2 aromatic carbocycles. The van der Waals surface area contributed by atoms with E-state index in [0.29, 0.717) is 5.75 Å². The predicted molar refractivity (Wildman–Crippen MR) is 130 cm³/mol. The minimum Gasteiger partial charge on any atom is -0.489 e. The number of nitrogens with one attached hydrogen (secondary N) is 3. The van der Waals surface area contributed by atoms with Gasteiger partial charge < -0.3 is 20.2 Å². The third-order valence-electron chi connectivity index (χ3n) is 5.98. The summed E-state index contributed by atoms with van der Waals surface area (Å²) in [6.07, 6.45) is -5.33. The monoisotopic (exact) mass is 544 g/mol. The molecule has 10 nitrogen and oxygen atoms in total. The van der Waals surface area contributed by atoms with Crippen LogP contribution in [-0.4, -0.2) is 47.4 Å². The highest BCUT2D eigenvalue weighted by Crippen LogP contribution is 2.22. The first-order chi connectivity index (χ1) is 18.5. The molecule has 1 aromatic heterocycles. The van der Waals surface area contributed by atoms with Gasteiger partial charge in [-0.15, -0.1) is 0 Å². The van der Waals surface area contributed by atoms with Gasteiger partial charge in [-0.05, 0) is 49.7 Å². The third kappa shape index (κ3) is 6.61. The van der Waals surface area contributed by atoms with Gasteiger partial charge in [0.2, 0.25) is 5.91 Å². The molecule has 0 spiro atoms. The molecule has 13 heteroatoms. The molecular weight excluding hydrogens is 521 g/mol. The zero-order chi connectivity index (χ0) is 28.2. The highest BCUT2D eigenvalue weighted by Gasteiger charge is 2.43. The van der Waals surface area contributed by atoms with Crippen LogP contribution in [0.25, 0.3) is 10.9 Å². The molecule has 0 radical (unpaired) electrons. The number of ether oxygens (including phenoxy) is 1. The molecule has 3 aromatic rings. The van der Waals surface area contributed by atoms with E-state index in [9.17, 15) is 32.3 Å². The molecule has 0 bridgehead atoms. The lowest BCUT2D eigenvalue weighted by molar-refractivity contribution is -0.208. The average Bonchev–Trinajstić information content (AvgIpc) is 2.90. The summed E-state index contributed by atoms with van der Waals surface area (Å²) in [5.74, 6) is -5.99. The topological polar surface area (TPSA) is 136 Å². The SMILES string of the molecule is Cc1cc(COc2ccc(C(=O)N[C@@H]3C(=O)NCC[C@@H]3C(=O)NOC(=O)C(F)(F)F)cc2)c2ccccc2n1. The van der Waals surface area contributed by atoms with Crippen LogP contribution in [0.3, 0.4) is 0 Å². The molecule has 1 fully saturated rings. The summed E-state index contributed by atoms with van der Waals surface area (Å²) in [4.78, 5) is 56.6. The molecular formula is C26H23F3N4O6. The van der Waals surface area contributed by atoms with Gasteiger partial charge in [0.1, 0.15) is 18.4 Å². The number of fused-ring (bicyclic) bond motifs is 1. The number of amides is 3. The van der Waals surface area contributed by atoms with E-state index in [1.165, 1.54) is 17.6 Å². The lowest BCUT2D eigenvalue weighted by Crippen LogP contribution is -2.59. The van der Waals surface area contributed by atoms with Gasteiger partial charge in [0.05, 0.1) is 11.4 Å². The van der Waals surface area contributed by atoms with Crippen molar-refractivity contribution in [3.63, 3.8) is 0 Å². The number of halogens is 3. The average molecular weight is 544 g/mol. The van der Waals surface area contributed by atoms with E-state index in [-0.39, 0.29) is 25.1 Å². The first-order valence-electron chi connectivity index (χ1n) is 11.8. The molecule has 3 amide bonds. The third-order valence-corrected chi connectivity index (χ3v) is 5.98. The van der Waals surface area contributed by atoms with E-state index in [0.717, 1.165) is 22.2 Å². The Hall–Kier alpha value is -4.68. The predicted octanol–water partition coefficient (Wildman–Crippen LogP) is 2.49. The molecule has 1 aliphatic rings. The Bertz CT molecular complexity index is 1410. The van der Waals surface area contributed by atoms with Crippen molar-refractivity contribution in [1.29, 1.82) is 0 Å². The number of hydroxylamine groups is 1. The fourth-order valence-corrected chi connectivity index (χ4v) is 4.09. The van der Waals surface area contributed by atoms with E-state index in [1.54, 1.807) is 12.1 Å². The van der Waals surface area contributed by atoms with Crippen molar-refractivity contribution in [2.75, 3.05) is 6.54 Å². The summed E-state index contributed by atoms with van der Waals surface area (Å²) in [5.41, 5.74) is 4.19. The van der Waals surface area contributed by atoms with Crippen LogP contribution in [0.2, 0.25) is 0 Å². The van der Waals surface area contributed by atoms with Gasteiger partial charge in [-0.25, -0.2) is 4.79 Å². The molecule has 2 atom stereocenters. The minimum absolute atomic E-state index is 0.0119. The number of para-hydroxylation sites is 1. The molecule has 3 N–H and O–H groups in total. The van der Waals surface area contributed by atoms with Crippen LogP contribution >= 0.6 is 0 Å². The number of hydrogen-bond acceptors (Lipinski definition) is 7. The molecule has 0 aliphatic carbocycles. The second-order valence-corrected chi connectivity index (χ2v) is 8.74. The van der Waals surface area contributed by atoms with Crippen molar-refractivity contribution >= 4 is 34.6 Å². The number of pyridine rings is 1. The molecule has 1 saturated heterocycles. The summed E-state index contributed by atoms with van der Waals surface area (Å²) in [6.45, 7) is 2.18. The van der Waals surface area contributed by atoms with Gasteiger partial charge in [0.15, 0.2) is 0 Å². The van der Waals surface area contributed by atoms with Crippen LogP contribution in [0, 0.1) is 12.8 Å². The zero-order valence-corrected chi connectivity index (χ0v) is 20.5. The van der Waals surface area contributed by atoms with Crippen LogP contribution in [0.5, 0.6) is 5.75 Å². The second kappa shape index (κ2) is 11.4. The zero-order valence-electron chi connectivity index (χ0n) is 20.5. The largest absolute Gasteiger partial charge is 0.493 e. The lowest BCUT2D eigenvalue weighted by atomic mass is 9.91. The highest BCUT2D eigenvalue weighted by molar-refractivity contribution is 6.00. The van der Waals surface area contributed by atoms with Crippen molar-refractivity contribution < 1.29 is 41.9 Å². The fraction of sp³-hybridized carbons (Fsp3) is 0.269. The smallest absolute Gasteiger partial charge is 0.489 e. The van der Waals surface area contributed by atoms with E-state index in [1.807, 2.05) is 37.3 Å². The van der Waals surface area contributed by atoms with Crippen LogP contribution in [0.4, 0.5) is 13.2 Å². The van der Waals surface area contributed by atoms with Crippen molar-refractivity contribution in [3.8, 4) is 5.75 Å². The Kier molecular flexibility index (Phi) is 7.98. The van der Waals surface area contributed by atoms with E-state index in [4.69, 9.17) is 4.74 Å². The molecule has 2 heterocycles. The van der Waals surface area contributed by atoms with Gasteiger partial charge in [0.25, 0.3) is 11.8 Å². The number of aryl methyl sites for hydroxylation is 1. The first-order valence-corrected chi connectivity index (χ1v) is 11.8. The summed E-state index contributed by atoms with van der Waals surface area (Å²) in [5, 5.41) is 5.85. The van der Waals surface area contributed by atoms with Gasteiger partial charge in [-0.2, -0.15) is 18.7 Å². The second-order valence-electron chi connectivity index (χ2n) is 8.74. The maximum Gasteiger partial charge on any atom is 0.493 e. The molecule has 4 rings (SSSR count). The van der Waals surface area contributed by atoms with Crippen LogP contribution < -0.4 is 20.9 Å². The number of aromatic nitrogens is 1. The van der Waals surface area contributed by atoms with Crippen molar-refractivity contribution in [2.45, 2.75) is 32.2 Å². The number of carbonyl (C=O) groups is 4. The standard InChI is InChI=1S/C26H23F3N4O6/c1-14-12-16(18-4-2-3-5-20(18)31-14)13-38-17-8-6-15(7-9-17)22(34)32-21-19(10-11-30-24(21)36)23(35)33-39-25(37)26(27,28)29/h2-9,12,19,21H,10-11,13H2,1H3,(H,30,36)(H,32,34)(H,33,35)/t19-,21-/m0/s1. The van der Waals surface area contributed by atoms with Crippen LogP contribution in [0.1, 0.15) is 28.0 Å². The number of piperidine rings is 1. The number of carbonyl (C=O) groups excluding carboxylic acids is 4. The Morgan fingerprint density at radius 1 is 1.10 bits per heavy atom. The lowest BCUT2D eigenvalue weighted by Gasteiger charge is -2.30. The maximum atomic E-state index is 12.8. The molecule has 204 valence electrons. The van der Waals surface area contributed by atoms with Crippen molar-refractivity contribution in [3.05, 3.63) is 71.4 Å². The van der Waals surface area contributed by atoms with E-state index >= 15 is 0 Å². The van der Waals surface area contributed by atoms with Gasteiger partial charge in [0, 0.05) is 28.8 Å². The number of hydrogen-bond donors (Lipinski definition) is 3. The Labute approximate surface area is 219 Å². The van der Waals surface area contributed by atoms with E-state index in [2.05, 4.69) is 20.5 Å². The maximum absolute atomic E-state index is 12.8. The molecule has 0 unspecified atom stereocenters. The Balaban J connectivity index is 1.38. The number of alkyl halides is 3. The first kappa shape index (κ1) is 27.4. The van der Waals surface area contributed by atoms with Crippen molar-refractivity contribution in [1.82, 2.24) is 21.1 Å². The summed E-state index contributed by atoms with van der Waals surface area (Å²) >= 11 is 0. The normalized spacial score (nSPS) is 17.2. The van der Waals surface area contributed by atoms with Gasteiger partial charge >= 0.3 is 12.1 Å². The Morgan fingerprint density at radius 3 is 2.54 bits per heavy atom. The minimum atomic E-state index is -5.31. The summed E-state index contributed by atoms with van der Waals surface area (Å²) < 4.78 is 42.8. The van der Waals surface area contributed by atoms with Crippen LogP contribution in [0.15, 0.2) is 54.6 Å². The summed E-state index contributed by atoms with van der Waals surface area (Å²) in [6, 6.07) is 14.2. The van der Waals surface area contributed by atoms with E-state index < -0.39 is 41.8 Å². The van der Waals surface area contributed by atoms with Crippen LogP contribution in [-0.2, 0) is 25.8 Å². The van der Waals surface area contributed by atoms with Gasteiger partial charge in [-0.1, -0.05) is 18.2 Å². The molecule has 1 aliphatic heterocycles. The number of rotatable bonds is 6. The van der Waals surface area contributed by atoms with Gasteiger partial charge in [-0.3, -0.25) is 19.4 Å². The number of benzene rings is 2. The molecule has 0 saturated carbocycles. The molecule has 39 heavy (non-hydrogen) atoms. The highest BCUT2D eigenvalue weighted by atomic mass is 19.4. The number of nitrogens with zero attached hydrogens (tertiary/aromatic N) is 1. The Morgan fingerprint density at radius 2 is 1.82 bits per heavy atom. The quantitative estimate of drug-likeness (QED) is 0.406. The van der Waals surface area contributed by atoms with Crippen molar-refractivity contribution in [2.24, 2.45) is 5.92 Å². The fourth-order valence-electron chi connectivity index (χ4n) is 4.09.